The Labute approximate surface area is 172 Å². The Hall–Kier alpha value is -2.60. The van der Waals surface area contributed by atoms with E-state index < -0.39 is 0 Å². The number of methoxy groups -OCH3 is 5. The maximum Gasteiger partial charge on any atom is 0.203 e. The fraction of sp³-hybridized carbons (Fsp3) is 0.478. The minimum Gasteiger partial charge on any atom is -0.493 e. The first-order valence-electron chi connectivity index (χ1n) is 9.87. The SMILES string of the molecule is COc1cc2c(cc1OC)[C@@H]1Cc3cc(OC)c(OC)c(OC)c3CN1[C@@H](C)C2. The van der Waals surface area contributed by atoms with Gasteiger partial charge in [0, 0.05) is 24.2 Å². The van der Waals surface area contributed by atoms with Crippen LogP contribution in [0.1, 0.15) is 35.2 Å². The fourth-order valence-electron chi connectivity index (χ4n) is 4.85. The maximum atomic E-state index is 5.76. The van der Waals surface area contributed by atoms with Crippen molar-refractivity contribution in [3.63, 3.8) is 0 Å². The van der Waals surface area contributed by atoms with Crippen molar-refractivity contribution >= 4 is 0 Å². The van der Waals surface area contributed by atoms with E-state index >= 15 is 0 Å². The number of benzene rings is 2. The van der Waals surface area contributed by atoms with Crippen LogP contribution < -0.4 is 23.7 Å². The molecule has 0 amide bonds. The summed E-state index contributed by atoms with van der Waals surface area (Å²) in [5.74, 6) is 3.69. The Bertz CT molecular complexity index is 926. The summed E-state index contributed by atoms with van der Waals surface area (Å²) in [6, 6.07) is 7.03. The monoisotopic (exact) mass is 399 g/mol. The lowest BCUT2D eigenvalue weighted by Crippen LogP contribution is -2.45. The second-order valence-electron chi connectivity index (χ2n) is 7.63. The molecule has 2 aromatic rings. The van der Waals surface area contributed by atoms with Gasteiger partial charge in [0.25, 0.3) is 0 Å². The molecule has 29 heavy (non-hydrogen) atoms. The molecule has 6 nitrogen and oxygen atoms in total. The Morgan fingerprint density at radius 1 is 0.724 bits per heavy atom. The highest BCUT2D eigenvalue weighted by atomic mass is 16.5. The zero-order valence-corrected chi connectivity index (χ0v) is 18.0. The van der Waals surface area contributed by atoms with Crippen LogP contribution in [0, 0.1) is 0 Å². The highest BCUT2D eigenvalue weighted by molar-refractivity contribution is 5.61. The van der Waals surface area contributed by atoms with Gasteiger partial charge in [0.15, 0.2) is 23.0 Å². The van der Waals surface area contributed by atoms with E-state index in [4.69, 9.17) is 23.7 Å². The molecule has 0 bridgehead atoms. The van der Waals surface area contributed by atoms with Crippen molar-refractivity contribution < 1.29 is 23.7 Å². The topological polar surface area (TPSA) is 49.4 Å². The standard InChI is InChI=1S/C23H29NO5/c1-13-7-14-9-19(25-2)20(26-3)11-16(14)18-8-15-10-21(27-4)23(29-6)22(28-5)17(15)12-24(13)18/h9-11,13,18H,7-8,12H2,1-6H3/t13-,18-/m0/s1. The highest BCUT2D eigenvalue weighted by Gasteiger charge is 2.39. The van der Waals surface area contributed by atoms with Gasteiger partial charge in [-0.1, -0.05) is 0 Å². The average molecular weight is 399 g/mol. The van der Waals surface area contributed by atoms with Gasteiger partial charge < -0.3 is 23.7 Å². The van der Waals surface area contributed by atoms with Gasteiger partial charge in [-0.2, -0.15) is 0 Å². The molecular weight excluding hydrogens is 370 g/mol. The van der Waals surface area contributed by atoms with Gasteiger partial charge >= 0.3 is 0 Å². The third kappa shape index (κ3) is 3.06. The number of fused-ring (bicyclic) bond motifs is 4. The predicted molar refractivity (Wildman–Crippen MR) is 111 cm³/mol. The predicted octanol–water partition coefficient (Wildman–Crippen LogP) is 3.77. The molecule has 0 N–H and O–H groups in total. The van der Waals surface area contributed by atoms with E-state index in [1.165, 1.54) is 22.3 Å². The third-order valence-electron chi connectivity index (χ3n) is 6.27. The number of hydrogen-bond acceptors (Lipinski definition) is 6. The number of nitrogens with zero attached hydrogens (tertiary/aromatic N) is 1. The lowest BCUT2D eigenvalue weighted by Gasteiger charge is -2.46. The molecule has 2 aliphatic heterocycles. The molecular formula is C23H29NO5. The van der Waals surface area contributed by atoms with Crippen LogP contribution in [0.2, 0.25) is 0 Å². The summed E-state index contributed by atoms with van der Waals surface area (Å²) in [5, 5.41) is 0. The fourth-order valence-corrected chi connectivity index (χ4v) is 4.85. The molecule has 2 aliphatic rings. The molecule has 0 radical (unpaired) electrons. The molecule has 156 valence electrons. The van der Waals surface area contributed by atoms with E-state index in [2.05, 4.69) is 30.0 Å². The van der Waals surface area contributed by atoms with Crippen LogP contribution in [-0.2, 0) is 19.4 Å². The van der Waals surface area contributed by atoms with Crippen LogP contribution in [0.15, 0.2) is 18.2 Å². The molecule has 0 aliphatic carbocycles. The molecule has 0 fully saturated rings. The molecule has 6 heteroatoms. The van der Waals surface area contributed by atoms with Crippen LogP contribution in [0.4, 0.5) is 0 Å². The summed E-state index contributed by atoms with van der Waals surface area (Å²) in [6.45, 7) is 3.09. The van der Waals surface area contributed by atoms with Gasteiger partial charge in [-0.3, -0.25) is 4.90 Å². The number of hydrogen-bond donors (Lipinski definition) is 0. The smallest absolute Gasteiger partial charge is 0.203 e. The molecule has 2 atom stereocenters. The van der Waals surface area contributed by atoms with Crippen molar-refractivity contribution in [2.75, 3.05) is 35.5 Å². The molecule has 2 aromatic carbocycles. The van der Waals surface area contributed by atoms with Crippen molar-refractivity contribution in [3.05, 3.63) is 40.5 Å². The number of rotatable bonds is 5. The first-order valence-corrected chi connectivity index (χ1v) is 9.87. The van der Waals surface area contributed by atoms with Gasteiger partial charge in [0.05, 0.1) is 35.5 Å². The van der Waals surface area contributed by atoms with Crippen LogP contribution in [0.25, 0.3) is 0 Å². The molecule has 0 spiro atoms. The van der Waals surface area contributed by atoms with Crippen molar-refractivity contribution in [1.29, 1.82) is 0 Å². The van der Waals surface area contributed by atoms with Gasteiger partial charge in [-0.15, -0.1) is 0 Å². The Morgan fingerprint density at radius 3 is 1.97 bits per heavy atom. The van der Waals surface area contributed by atoms with Gasteiger partial charge in [0.2, 0.25) is 5.75 Å². The lowest BCUT2D eigenvalue weighted by molar-refractivity contribution is 0.103. The second-order valence-corrected chi connectivity index (χ2v) is 7.63. The Morgan fingerprint density at radius 2 is 1.34 bits per heavy atom. The Kier molecular flexibility index (Phi) is 5.21. The van der Waals surface area contributed by atoms with Crippen LogP contribution >= 0.6 is 0 Å². The van der Waals surface area contributed by atoms with Gasteiger partial charge in [-0.05, 0) is 54.7 Å². The summed E-state index contributed by atoms with van der Waals surface area (Å²) in [7, 11) is 8.37. The molecule has 0 saturated heterocycles. The van der Waals surface area contributed by atoms with Crippen molar-refractivity contribution in [2.45, 2.75) is 38.4 Å². The number of ether oxygens (including phenoxy) is 5. The summed E-state index contributed by atoms with van der Waals surface area (Å²) in [6.07, 6.45) is 1.84. The largest absolute Gasteiger partial charge is 0.493 e. The third-order valence-corrected chi connectivity index (χ3v) is 6.27. The van der Waals surface area contributed by atoms with E-state index in [-0.39, 0.29) is 6.04 Å². The molecule has 0 saturated carbocycles. The van der Waals surface area contributed by atoms with Crippen LogP contribution in [0.3, 0.4) is 0 Å². The summed E-state index contributed by atoms with van der Waals surface area (Å²) in [4.78, 5) is 2.55. The van der Waals surface area contributed by atoms with E-state index in [9.17, 15) is 0 Å². The first-order chi connectivity index (χ1) is 14.1. The minimum absolute atomic E-state index is 0.267. The lowest BCUT2D eigenvalue weighted by atomic mass is 9.81. The van der Waals surface area contributed by atoms with E-state index in [0.717, 1.165) is 36.6 Å². The van der Waals surface area contributed by atoms with Crippen LogP contribution in [0.5, 0.6) is 28.7 Å². The second kappa shape index (κ2) is 7.67. The summed E-state index contributed by atoms with van der Waals surface area (Å²) < 4.78 is 28.1. The van der Waals surface area contributed by atoms with Crippen molar-refractivity contribution in [2.24, 2.45) is 0 Å². The quantitative estimate of drug-likeness (QED) is 0.763. The highest BCUT2D eigenvalue weighted by Crippen LogP contribution is 2.49. The minimum atomic E-state index is 0.267. The zero-order valence-electron chi connectivity index (χ0n) is 18.0. The average Bonchev–Trinajstić information content (AvgIpc) is 2.75. The normalized spacial score (nSPS) is 20.2. The zero-order chi connectivity index (χ0) is 20.7. The molecule has 0 unspecified atom stereocenters. The summed E-state index contributed by atoms with van der Waals surface area (Å²) >= 11 is 0. The maximum absolute atomic E-state index is 5.76. The van der Waals surface area contributed by atoms with E-state index in [1.54, 1.807) is 35.5 Å². The van der Waals surface area contributed by atoms with E-state index in [0.29, 0.717) is 17.5 Å². The summed E-state index contributed by atoms with van der Waals surface area (Å²) in [5.41, 5.74) is 5.04. The van der Waals surface area contributed by atoms with Crippen molar-refractivity contribution in [1.82, 2.24) is 4.90 Å². The van der Waals surface area contributed by atoms with Gasteiger partial charge in [0.1, 0.15) is 0 Å². The van der Waals surface area contributed by atoms with E-state index in [1.807, 2.05) is 0 Å². The van der Waals surface area contributed by atoms with Crippen LogP contribution in [-0.4, -0.2) is 46.5 Å². The molecule has 4 rings (SSSR count). The first kappa shape index (κ1) is 19.7. The molecule has 0 aromatic heterocycles. The van der Waals surface area contributed by atoms with Gasteiger partial charge in [-0.25, -0.2) is 0 Å². The molecule has 2 heterocycles. The Balaban J connectivity index is 1.84. The van der Waals surface area contributed by atoms with Crippen molar-refractivity contribution in [3.8, 4) is 28.7 Å².